The number of quaternary nitrogens is 2. The van der Waals surface area contributed by atoms with Crippen LogP contribution in [0.25, 0.3) is 0 Å². The molecule has 2 aromatic rings. The number of amides is 1. The molecule has 0 aliphatic carbocycles. The summed E-state index contributed by atoms with van der Waals surface area (Å²) in [6, 6.07) is 15.3. The largest absolute Gasteiger partial charge is 0.544 e. The molecule has 0 radical (unpaired) electrons. The van der Waals surface area contributed by atoms with E-state index in [0.717, 1.165) is 18.7 Å². The van der Waals surface area contributed by atoms with Crippen molar-refractivity contribution in [3.05, 3.63) is 54.6 Å². The van der Waals surface area contributed by atoms with Gasteiger partial charge in [-0.1, -0.05) is 18.2 Å². The standard InChI is InChI=1S/C21H27N5O3/c1-26(2)14-6-13-22-19(21(28)29)15-20(27)23-16-9-11-18(12-10-16)25-24-17-7-4-3-5-8-17/h3-5,7-12,19,22H,6,13-15H2,1-2H3,(H,23,27)(H,28,29)/p+1/t19-/m1/s1. The van der Waals surface area contributed by atoms with Crippen molar-refractivity contribution >= 4 is 28.9 Å². The van der Waals surface area contributed by atoms with E-state index in [1.165, 1.54) is 4.90 Å². The first-order valence-corrected chi connectivity index (χ1v) is 9.64. The van der Waals surface area contributed by atoms with Gasteiger partial charge in [0.25, 0.3) is 0 Å². The Balaban J connectivity index is 1.84. The number of nitrogens with zero attached hydrogens (tertiary/aromatic N) is 2. The maximum atomic E-state index is 12.2. The molecular formula is C21H28N5O3+. The number of azo groups is 1. The number of hydrogen-bond acceptors (Lipinski definition) is 5. The van der Waals surface area contributed by atoms with Crippen molar-refractivity contribution in [2.45, 2.75) is 18.9 Å². The van der Waals surface area contributed by atoms with Crippen molar-refractivity contribution in [3.8, 4) is 0 Å². The molecule has 0 aliphatic heterocycles. The number of rotatable bonds is 11. The number of carboxylic acid groups (broad SMARTS) is 1. The number of benzene rings is 2. The summed E-state index contributed by atoms with van der Waals surface area (Å²) < 4.78 is 0. The highest BCUT2D eigenvalue weighted by Crippen LogP contribution is 2.20. The van der Waals surface area contributed by atoms with Gasteiger partial charge in [-0.05, 0) is 36.4 Å². The van der Waals surface area contributed by atoms with Crippen LogP contribution in [0.5, 0.6) is 0 Å². The number of aliphatic carboxylic acids is 1. The van der Waals surface area contributed by atoms with E-state index in [4.69, 9.17) is 0 Å². The lowest BCUT2D eigenvalue weighted by Gasteiger charge is -2.16. The van der Waals surface area contributed by atoms with Gasteiger partial charge in [-0.25, -0.2) is 0 Å². The number of hydrogen-bond donors (Lipinski definition) is 3. The molecule has 2 rings (SSSR count). The van der Waals surface area contributed by atoms with E-state index in [-0.39, 0.29) is 12.3 Å². The van der Waals surface area contributed by atoms with Crippen molar-refractivity contribution in [2.75, 3.05) is 32.5 Å². The fourth-order valence-electron chi connectivity index (χ4n) is 2.67. The Kier molecular flexibility index (Phi) is 8.94. The molecule has 0 unspecified atom stereocenters. The molecule has 29 heavy (non-hydrogen) atoms. The van der Waals surface area contributed by atoms with E-state index in [0.29, 0.717) is 17.9 Å². The van der Waals surface area contributed by atoms with E-state index in [9.17, 15) is 14.7 Å². The smallest absolute Gasteiger partial charge is 0.230 e. The lowest BCUT2D eigenvalue weighted by molar-refractivity contribution is -0.860. The van der Waals surface area contributed by atoms with Gasteiger partial charge < -0.3 is 25.4 Å². The molecule has 8 nitrogen and oxygen atoms in total. The molecule has 154 valence electrons. The lowest BCUT2D eigenvalue weighted by Crippen LogP contribution is -3.06. The Morgan fingerprint density at radius 3 is 2.24 bits per heavy atom. The lowest BCUT2D eigenvalue weighted by atomic mass is 10.2. The van der Waals surface area contributed by atoms with Crippen molar-refractivity contribution < 1.29 is 24.9 Å². The third-order valence-corrected chi connectivity index (χ3v) is 4.23. The van der Waals surface area contributed by atoms with Gasteiger partial charge in [-0.15, -0.1) is 0 Å². The Hall–Kier alpha value is -3.10. The summed E-state index contributed by atoms with van der Waals surface area (Å²) in [5.41, 5.74) is 1.97. The van der Waals surface area contributed by atoms with Gasteiger partial charge in [-0.3, -0.25) is 4.79 Å². The average molecular weight is 398 g/mol. The summed E-state index contributed by atoms with van der Waals surface area (Å²) in [7, 11) is 4.08. The van der Waals surface area contributed by atoms with Gasteiger partial charge in [0, 0.05) is 12.1 Å². The van der Waals surface area contributed by atoms with Gasteiger partial charge in [-0.2, -0.15) is 10.2 Å². The molecule has 4 N–H and O–H groups in total. The maximum absolute atomic E-state index is 12.2. The van der Waals surface area contributed by atoms with Gasteiger partial charge in [0.1, 0.15) is 6.04 Å². The molecule has 1 atom stereocenters. The minimum Gasteiger partial charge on any atom is -0.544 e. The topological polar surface area (TPSA) is 115 Å². The molecule has 0 spiro atoms. The second kappa shape index (κ2) is 11.7. The molecular weight excluding hydrogens is 370 g/mol. The van der Waals surface area contributed by atoms with Crippen LogP contribution < -0.4 is 20.6 Å². The number of anilines is 1. The number of nitrogens with one attached hydrogen (secondary N) is 2. The molecule has 0 heterocycles. The van der Waals surface area contributed by atoms with Crippen LogP contribution in [0.1, 0.15) is 12.8 Å². The molecule has 1 amide bonds. The molecule has 0 bridgehead atoms. The summed E-state index contributed by atoms with van der Waals surface area (Å²) >= 11 is 0. The van der Waals surface area contributed by atoms with Crippen molar-refractivity contribution in [3.63, 3.8) is 0 Å². The third kappa shape index (κ3) is 8.63. The Labute approximate surface area is 170 Å². The van der Waals surface area contributed by atoms with Crippen LogP contribution in [0.2, 0.25) is 0 Å². The zero-order valence-corrected chi connectivity index (χ0v) is 16.8. The van der Waals surface area contributed by atoms with Crippen LogP contribution in [-0.2, 0) is 9.59 Å². The summed E-state index contributed by atoms with van der Waals surface area (Å²) in [6.45, 7) is 1.58. The van der Waals surface area contributed by atoms with E-state index >= 15 is 0 Å². The molecule has 2 aromatic carbocycles. The summed E-state index contributed by atoms with van der Waals surface area (Å²) in [4.78, 5) is 24.8. The predicted molar refractivity (Wildman–Crippen MR) is 108 cm³/mol. The second-order valence-electron chi connectivity index (χ2n) is 7.10. The summed E-state index contributed by atoms with van der Waals surface area (Å²) in [5, 5.41) is 23.9. The van der Waals surface area contributed by atoms with E-state index < -0.39 is 12.0 Å². The SMILES string of the molecule is C[NH+](C)CCC[NH2+][C@H](CC(=O)Nc1ccc(N=Nc2ccccc2)cc1)C(=O)[O-]. The third-order valence-electron chi connectivity index (χ3n) is 4.23. The maximum Gasteiger partial charge on any atom is 0.230 e. The van der Waals surface area contributed by atoms with Crippen LogP contribution in [0.3, 0.4) is 0 Å². The zero-order valence-electron chi connectivity index (χ0n) is 16.8. The highest BCUT2D eigenvalue weighted by Gasteiger charge is 2.18. The number of carbonyl (C=O) groups is 2. The van der Waals surface area contributed by atoms with Gasteiger partial charge in [0.05, 0.1) is 50.9 Å². The van der Waals surface area contributed by atoms with Crippen LogP contribution in [0.4, 0.5) is 17.1 Å². The minimum atomic E-state index is -1.23. The first kappa shape index (κ1) is 22.2. The molecule has 8 heteroatoms. The first-order chi connectivity index (χ1) is 13.9. The van der Waals surface area contributed by atoms with Crippen molar-refractivity contribution in [1.82, 2.24) is 0 Å². The second-order valence-corrected chi connectivity index (χ2v) is 7.10. The van der Waals surface area contributed by atoms with Crippen LogP contribution in [0, 0.1) is 0 Å². The number of carbonyl (C=O) groups excluding carboxylic acids is 2. The normalized spacial score (nSPS) is 12.2. The molecule has 0 saturated heterocycles. The fraction of sp³-hybridized carbons (Fsp3) is 0.333. The molecule has 0 aliphatic rings. The number of nitrogens with two attached hydrogens (primary N) is 1. The first-order valence-electron chi connectivity index (χ1n) is 9.64. The van der Waals surface area contributed by atoms with Gasteiger partial charge in [0.15, 0.2) is 0 Å². The van der Waals surface area contributed by atoms with Crippen molar-refractivity contribution in [2.24, 2.45) is 10.2 Å². The summed E-state index contributed by atoms with van der Waals surface area (Å²) in [5.74, 6) is -1.60. The fourth-order valence-corrected chi connectivity index (χ4v) is 2.67. The molecule has 0 aromatic heterocycles. The van der Waals surface area contributed by atoms with Crippen LogP contribution in [0.15, 0.2) is 64.8 Å². The Bertz CT molecular complexity index is 807. The monoisotopic (exact) mass is 398 g/mol. The highest BCUT2D eigenvalue weighted by molar-refractivity contribution is 5.93. The Morgan fingerprint density at radius 2 is 1.66 bits per heavy atom. The van der Waals surface area contributed by atoms with E-state index in [2.05, 4.69) is 15.5 Å². The van der Waals surface area contributed by atoms with Crippen molar-refractivity contribution in [1.29, 1.82) is 0 Å². The highest BCUT2D eigenvalue weighted by atomic mass is 16.4. The summed E-state index contributed by atoms with van der Waals surface area (Å²) in [6.07, 6.45) is 0.722. The minimum absolute atomic E-state index is 0.146. The van der Waals surface area contributed by atoms with E-state index in [1.54, 1.807) is 29.6 Å². The molecule has 0 saturated carbocycles. The van der Waals surface area contributed by atoms with Gasteiger partial charge in [0.2, 0.25) is 5.91 Å². The predicted octanol–water partition coefficient (Wildman–Crippen LogP) is -0.353. The quantitative estimate of drug-likeness (QED) is 0.355. The number of carboxylic acids is 1. The zero-order chi connectivity index (χ0) is 21.1. The average Bonchev–Trinajstić information content (AvgIpc) is 2.70. The van der Waals surface area contributed by atoms with Crippen LogP contribution >= 0.6 is 0 Å². The van der Waals surface area contributed by atoms with E-state index in [1.807, 2.05) is 44.4 Å². The van der Waals surface area contributed by atoms with Gasteiger partial charge >= 0.3 is 0 Å². The van der Waals surface area contributed by atoms with Crippen LogP contribution in [-0.4, -0.2) is 45.1 Å². The Morgan fingerprint density at radius 1 is 1.03 bits per heavy atom. The molecule has 0 fully saturated rings.